The van der Waals surface area contributed by atoms with Crippen LogP contribution >= 0.6 is 12.2 Å². The van der Waals surface area contributed by atoms with Crippen molar-refractivity contribution in [3.63, 3.8) is 0 Å². The van der Waals surface area contributed by atoms with E-state index in [0.29, 0.717) is 4.77 Å². The molecule has 1 heterocycles. The van der Waals surface area contributed by atoms with Gasteiger partial charge in [-0.2, -0.15) is 0 Å². The fourth-order valence-electron chi connectivity index (χ4n) is 2.20. The van der Waals surface area contributed by atoms with Crippen molar-refractivity contribution in [3.05, 3.63) is 23.0 Å². The van der Waals surface area contributed by atoms with E-state index in [-0.39, 0.29) is 11.4 Å². The molecule has 114 valence electrons. The highest BCUT2D eigenvalue weighted by Gasteiger charge is 2.22. The third-order valence-corrected chi connectivity index (χ3v) is 3.49. The predicted molar refractivity (Wildman–Crippen MR) is 86.3 cm³/mol. The van der Waals surface area contributed by atoms with Gasteiger partial charge in [0.15, 0.2) is 4.77 Å². The summed E-state index contributed by atoms with van der Waals surface area (Å²) in [5, 5.41) is 2.98. The van der Waals surface area contributed by atoms with Gasteiger partial charge in [-0.3, -0.25) is 4.79 Å². The molecule has 0 bridgehead atoms. The van der Waals surface area contributed by atoms with Crippen LogP contribution in [0.2, 0.25) is 0 Å². The number of hydrogen-bond acceptors (Lipinski definition) is 3. The zero-order valence-corrected chi connectivity index (χ0v) is 13.8. The van der Waals surface area contributed by atoms with Gasteiger partial charge < -0.3 is 19.6 Å². The molecule has 1 amide bonds. The molecule has 2 N–H and O–H groups in total. The standard InChI is InChI=1S/C15H21N3O2S/c1-9(13(19)17-15(2,3)4)18-12-8-10(20-5)6-7-11(12)16-14(18)21/h6-9H,1-5H3,(H,16,21)(H,17,19). The molecule has 21 heavy (non-hydrogen) atoms. The molecule has 0 aliphatic heterocycles. The van der Waals surface area contributed by atoms with Gasteiger partial charge in [-0.15, -0.1) is 0 Å². The highest BCUT2D eigenvalue weighted by atomic mass is 32.1. The van der Waals surface area contributed by atoms with E-state index in [1.807, 2.05) is 50.5 Å². The second-order valence-electron chi connectivity index (χ2n) is 6.10. The van der Waals surface area contributed by atoms with Crippen LogP contribution in [-0.2, 0) is 4.79 Å². The predicted octanol–water partition coefficient (Wildman–Crippen LogP) is 3.18. The summed E-state index contributed by atoms with van der Waals surface area (Å²) in [4.78, 5) is 15.5. The molecule has 1 aromatic heterocycles. The van der Waals surface area contributed by atoms with E-state index < -0.39 is 6.04 Å². The van der Waals surface area contributed by atoms with Crippen molar-refractivity contribution in [1.29, 1.82) is 0 Å². The number of amides is 1. The van der Waals surface area contributed by atoms with Crippen LogP contribution in [0.5, 0.6) is 5.75 Å². The molecular weight excluding hydrogens is 286 g/mol. The van der Waals surface area contributed by atoms with Crippen molar-refractivity contribution in [2.45, 2.75) is 39.3 Å². The summed E-state index contributed by atoms with van der Waals surface area (Å²) >= 11 is 5.36. The Bertz CT molecular complexity index is 725. The van der Waals surface area contributed by atoms with E-state index in [1.54, 1.807) is 7.11 Å². The largest absolute Gasteiger partial charge is 0.497 e. The van der Waals surface area contributed by atoms with Crippen LogP contribution < -0.4 is 10.1 Å². The summed E-state index contributed by atoms with van der Waals surface area (Å²) < 4.78 is 7.58. The first-order valence-electron chi connectivity index (χ1n) is 6.83. The smallest absolute Gasteiger partial charge is 0.243 e. The Hall–Kier alpha value is -1.82. The lowest BCUT2D eigenvalue weighted by Gasteiger charge is -2.24. The Morgan fingerprint density at radius 1 is 1.43 bits per heavy atom. The van der Waals surface area contributed by atoms with E-state index in [0.717, 1.165) is 16.8 Å². The molecule has 1 aromatic carbocycles. The number of carbonyl (C=O) groups is 1. The minimum absolute atomic E-state index is 0.0673. The summed E-state index contributed by atoms with van der Waals surface area (Å²) in [6.07, 6.45) is 0. The van der Waals surface area contributed by atoms with Crippen molar-refractivity contribution in [2.24, 2.45) is 0 Å². The van der Waals surface area contributed by atoms with Gasteiger partial charge in [0, 0.05) is 11.6 Å². The molecule has 1 atom stereocenters. The molecule has 0 saturated carbocycles. The maximum Gasteiger partial charge on any atom is 0.243 e. The number of carbonyl (C=O) groups excluding carboxylic acids is 1. The summed E-state index contributed by atoms with van der Waals surface area (Å²) in [6, 6.07) is 5.23. The van der Waals surface area contributed by atoms with Crippen LogP contribution in [0.15, 0.2) is 18.2 Å². The van der Waals surface area contributed by atoms with E-state index in [9.17, 15) is 4.79 Å². The van der Waals surface area contributed by atoms with Gasteiger partial charge in [-0.1, -0.05) is 0 Å². The van der Waals surface area contributed by atoms with E-state index in [2.05, 4.69) is 10.3 Å². The number of aromatic amines is 1. The van der Waals surface area contributed by atoms with Gasteiger partial charge >= 0.3 is 0 Å². The van der Waals surface area contributed by atoms with E-state index in [1.165, 1.54) is 0 Å². The lowest BCUT2D eigenvalue weighted by atomic mass is 10.1. The summed E-state index contributed by atoms with van der Waals surface area (Å²) in [7, 11) is 1.61. The van der Waals surface area contributed by atoms with Gasteiger partial charge in [-0.05, 0) is 52.0 Å². The first-order valence-corrected chi connectivity index (χ1v) is 7.24. The van der Waals surface area contributed by atoms with E-state index >= 15 is 0 Å². The fourth-order valence-corrected chi connectivity index (χ4v) is 2.57. The van der Waals surface area contributed by atoms with Crippen LogP contribution in [0.1, 0.15) is 33.7 Å². The van der Waals surface area contributed by atoms with Crippen molar-refractivity contribution in [2.75, 3.05) is 7.11 Å². The zero-order chi connectivity index (χ0) is 15.8. The van der Waals surface area contributed by atoms with Gasteiger partial charge in [0.2, 0.25) is 5.91 Å². The molecule has 0 saturated heterocycles. The lowest BCUT2D eigenvalue weighted by Crippen LogP contribution is -2.43. The summed E-state index contributed by atoms with van der Waals surface area (Å²) in [6.45, 7) is 7.70. The number of H-pyrrole nitrogens is 1. The highest BCUT2D eigenvalue weighted by molar-refractivity contribution is 7.71. The number of ether oxygens (including phenoxy) is 1. The first kappa shape index (κ1) is 15.6. The van der Waals surface area contributed by atoms with Crippen molar-refractivity contribution >= 4 is 29.2 Å². The average Bonchev–Trinajstić information content (AvgIpc) is 2.70. The quantitative estimate of drug-likeness (QED) is 0.856. The van der Waals surface area contributed by atoms with Crippen LogP contribution in [0.3, 0.4) is 0 Å². The minimum Gasteiger partial charge on any atom is -0.497 e. The Balaban J connectivity index is 2.47. The zero-order valence-electron chi connectivity index (χ0n) is 13.0. The molecule has 1 unspecified atom stereocenters. The molecule has 2 aromatic rings. The van der Waals surface area contributed by atoms with Crippen LogP contribution in [-0.4, -0.2) is 28.1 Å². The van der Waals surface area contributed by atoms with Crippen molar-refractivity contribution < 1.29 is 9.53 Å². The van der Waals surface area contributed by atoms with Crippen molar-refractivity contribution in [3.8, 4) is 5.75 Å². The van der Waals surface area contributed by atoms with E-state index in [4.69, 9.17) is 17.0 Å². The Morgan fingerprint density at radius 3 is 2.67 bits per heavy atom. The van der Waals surface area contributed by atoms with Gasteiger partial charge in [0.25, 0.3) is 0 Å². The maximum absolute atomic E-state index is 12.4. The number of methoxy groups -OCH3 is 1. The average molecular weight is 307 g/mol. The number of nitrogens with one attached hydrogen (secondary N) is 2. The molecule has 5 nitrogen and oxygen atoms in total. The lowest BCUT2D eigenvalue weighted by molar-refractivity contribution is -0.125. The highest BCUT2D eigenvalue weighted by Crippen LogP contribution is 2.24. The van der Waals surface area contributed by atoms with Crippen LogP contribution in [0.25, 0.3) is 11.0 Å². The number of imidazole rings is 1. The number of hydrogen-bond donors (Lipinski definition) is 2. The second kappa shape index (κ2) is 5.52. The Labute approximate surface area is 129 Å². The molecular formula is C15H21N3O2S. The number of rotatable bonds is 3. The molecule has 0 aliphatic rings. The van der Waals surface area contributed by atoms with Gasteiger partial charge in [-0.25, -0.2) is 0 Å². The third kappa shape index (κ3) is 3.26. The number of benzene rings is 1. The molecule has 0 aliphatic carbocycles. The molecule has 0 fully saturated rings. The Morgan fingerprint density at radius 2 is 2.10 bits per heavy atom. The molecule has 0 spiro atoms. The molecule has 0 radical (unpaired) electrons. The van der Waals surface area contributed by atoms with Crippen LogP contribution in [0, 0.1) is 4.77 Å². The normalized spacial score (nSPS) is 13.2. The fraction of sp³-hybridized carbons (Fsp3) is 0.467. The topological polar surface area (TPSA) is 59.0 Å². The first-order chi connectivity index (χ1) is 9.73. The van der Waals surface area contributed by atoms with Gasteiger partial charge in [0.1, 0.15) is 11.8 Å². The SMILES string of the molecule is COc1ccc2[nH]c(=S)n(C(C)C(=O)NC(C)(C)C)c2c1. The number of fused-ring (bicyclic) bond motifs is 1. The van der Waals surface area contributed by atoms with Gasteiger partial charge in [0.05, 0.1) is 18.1 Å². The maximum atomic E-state index is 12.4. The number of nitrogens with zero attached hydrogens (tertiary/aromatic N) is 1. The Kier molecular flexibility index (Phi) is 4.09. The van der Waals surface area contributed by atoms with Crippen LogP contribution in [0.4, 0.5) is 0 Å². The minimum atomic E-state index is -0.405. The summed E-state index contributed by atoms with van der Waals surface area (Å²) in [5.74, 6) is 0.663. The summed E-state index contributed by atoms with van der Waals surface area (Å²) in [5.41, 5.74) is 1.46. The third-order valence-electron chi connectivity index (χ3n) is 3.19. The van der Waals surface area contributed by atoms with Crippen molar-refractivity contribution in [1.82, 2.24) is 14.9 Å². The molecule has 6 heteroatoms. The monoisotopic (exact) mass is 307 g/mol. The number of aromatic nitrogens is 2. The second-order valence-corrected chi connectivity index (χ2v) is 6.49. The molecule has 2 rings (SSSR count).